The van der Waals surface area contributed by atoms with Crippen molar-refractivity contribution >= 4 is 29.0 Å². The number of thioether (sulfide) groups is 1. The monoisotopic (exact) mass is 302 g/mol. The van der Waals surface area contributed by atoms with Gasteiger partial charge in [0.05, 0.1) is 17.1 Å². The maximum absolute atomic E-state index is 13.0. The molecule has 6 heteroatoms. The molecule has 0 radical (unpaired) electrons. The third-order valence-electron chi connectivity index (χ3n) is 3.65. The average molecular weight is 302 g/mol. The summed E-state index contributed by atoms with van der Waals surface area (Å²) < 4.78 is 1.69. The van der Waals surface area contributed by atoms with Gasteiger partial charge in [-0.15, -0.1) is 11.8 Å². The predicted octanol–water partition coefficient (Wildman–Crippen LogP) is 2.55. The quantitative estimate of drug-likeness (QED) is 0.926. The second kappa shape index (κ2) is 5.44. The van der Waals surface area contributed by atoms with Crippen LogP contribution in [0.15, 0.2) is 29.2 Å². The summed E-state index contributed by atoms with van der Waals surface area (Å²) in [6.07, 6.45) is 0. The minimum atomic E-state index is -0.0669. The van der Waals surface area contributed by atoms with Crippen LogP contribution < -0.4 is 10.6 Å². The molecule has 1 aliphatic rings. The van der Waals surface area contributed by atoms with E-state index >= 15 is 0 Å². The lowest BCUT2D eigenvalue weighted by Gasteiger charge is -2.29. The number of hydrogen-bond acceptors (Lipinski definition) is 4. The molecule has 0 aliphatic carbocycles. The summed E-state index contributed by atoms with van der Waals surface area (Å²) in [4.78, 5) is 15.9. The highest BCUT2D eigenvalue weighted by Crippen LogP contribution is 2.35. The molecule has 0 saturated carbocycles. The van der Waals surface area contributed by atoms with Gasteiger partial charge in [-0.1, -0.05) is 12.1 Å². The number of nitrogen functional groups attached to an aromatic ring is 1. The minimum absolute atomic E-state index is 0.0669. The Morgan fingerprint density at radius 1 is 1.43 bits per heavy atom. The molecular weight excluding hydrogens is 284 g/mol. The summed E-state index contributed by atoms with van der Waals surface area (Å²) in [7, 11) is 0. The van der Waals surface area contributed by atoms with Crippen molar-refractivity contribution in [3.8, 4) is 0 Å². The highest BCUT2D eigenvalue weighted by Gasteiger charge is 2.28. The Labute approximate surface area is 128 Å². The average Bonchev–Trinajstić information content (AvgIpc) is 2.81. The van der Waals surface area contributed by atoms with Crippen LogP contribution in [0.1, 0.15) is 23.1 Å². The van der Waals surface area contributed by atoms with Gasteiger partial charge in [-0.3, -0.25) is 9.48 Å². The highest BCUT2D eigenvalue weighted by molar-refractivity contribution is 7.99. The minimum Gasteiger partial charge on any atom is -0.395 e. The van der Waals surface area contributed by atoms with Crippen molar-refractivity contribution in [2.75, 3.05) is 22.9 Å². The van der Waals surface area contributed by atoms with Gasteiger partial charge in [0.1, 0.15) is 5.69 Å². The number of nitrogens with two attached hydrogens (primary N) is 1. The SMILES string of the molecule is CCn1nc(C)c(N)c1C(=O)N1CCSc2ccccc21. The van der Waals surface area contributed by atoms with E-state index in [-0.39, 0.29) is 5.91 Å². The summed E-state index contributed by atoms with van der Waals surface area (Å²) in [5.74, 6) is 0.824. The van der Waals surface area contributed by atoms with E-state index in [2.05, 4.69) is 5.10 Å². The molecule has 5 nitrogen and oxygen atoms in total. The van der Waals surface area contributed by atoms with Gasteiger partial charge in [-0.2, -0.15) is 5.10 Å². The number of hydrogen-bond donors (Lipinski definition) is 1. The van der Waals surface area contributed by atoms with E-state index in [0.717, 1.165) is 16.3 Å². The molecule has 0 spiro atoms. The number of nitrogens with zero attached hydrogens (tertiary/aromatic N) is 3. The van der Waals surface area contributed by atoms with Crippen molar-refractivity contribution in [1.82, 2.24) is 9.78 Å². The molecule has 110 valence electrons. The molecule has 1 aromatic heterocycles. The molecule has 0 unspecified atom stereocenters. The summed E-state index contributed by atoms with van der Waals surface area (Å²) >= 11 is 1.78. The molecule has 0 atom stereocenters. The van der Waals surface area contributed by atoms with E-state index in [0.29, 0.717) is 30.2 Å². The van der Waals surface area contributed by atoms with Crippen LogP contribution in [0.5, 0.6) is 0 Å². The number of anilines is 2. The second-order valence-electron chi connectivity index (χ2n) is 4.94. The van der Waals surface area contributed by atoms with Crippen molar-refractivity contribution in [3.63, 3.8) is 0 Å². The van der Waals surface area contributed by atoms with Gasteiger partial charge in [0, 0.05) is 23.7 Å². The van der Waals surface area contributed by atoms with Gasteiger partial charge in [-0.25, -0.2) is 0 Å². The number of fused-ring (bicyclic) bond motifs is 1. The number of rotatable bonds is 2. The molecule has 21 heavy (non-hydrogen) atoms. The first kappa shape index (κ1) is 14.0. The van der Waals surface area contributed by atoms with Crippen LogP contribution in [-0.4, -0.2) is 28.0 Å². The number of benzene rings is 1. The normalized spacial score (nSPS) is 14.1. The third-order valence-corrected chi connectivity index (χ3v) is 4.69. The lowest BCUT2D eigenvalue weighted by atomic mass is 10.2. The second-order valence-corrected chi connectivity index (χ2v) is 6.07. The molecule has 0 saturated heterocycles. The van der Waals surface area contributed by atoms with E-state index in [1.165, 1.54) is 0 Å². The molecule has 2 heterocycles. The van der Waals surface area contributed by atoms with Gasteiger partial charge >= 0.3 is 0 Å². The maximum Gasteiger partial charge on any atom is 0.278 e. The summed E-state index contributed by atoms with van der Waals surface area (Å²) in [6.45, 7) is 5.11. The molecule has 2 aromatic rings. The number of amides is 1. The highest BCUT2D eigenvalue weighted by atomic mass is 32.2. The number of carbonyl (C=O) groups excluding carboxylic acids is 1. The van der Waals surface area contributed by atoms with Crippen molar-refractivity contribution < 1.29 is 4.79 Å². The van der Waals surface area contributed by atoms with Crippen molar-refractivity contribution in [1.29, 1.82) is 0 Å². The van der Waals surface area contributed by atoms with Crippen LogP contribution in [0.4, 0.5) is 11.4 Å². The van der Waals surface area contributed by atoms with Crippen LogP contribution >= 0.6 is 11.8 Å². The predicted molar refractivity (Wildman–Crippen MR) is 85.9 cm³/mol. The standard InChI is InChI=1S/C15H18N4OS/c1-3-19-14(13(16)10(2)17-19)15(20)18-8-9-21-12-7-5-4-6-11(12)18/h4-7H,3,8-9,16H2,1-2H3. The number of aryl methyl sites for hydroxylation is 2. The molecule has 1 aliphatic heterocycles. The third kappa shape index (κ3) is 2.29. The number of para-hydroxylation sites is 1. The van der Waals surface area contributed by atoms with E-state index < -0.39 is 0 Å². The van der Waals surface area contributed by atoms with Gasteiger partial charge in [0.25, 0.3) is 5.91 Å². The Kier molecular flexibility index (Phi) is 3.63. The van der Waals surface area contributed by atoms with E-state index in [1.807, 2.05) is 43.0 Å². The van der Waals surface area contributed by atoms with Crippen molar-refractivity contribution in [3.05, 3.63) is 35.7 Å². The summed E-state index contributed by atoms with van der Waals surface area (Å²) in [5, 5.41) is 4.34. The largest absolute Gasteiger partial charge is 0.395 e. The van der Waals surface area contributed by atoms with Crippen molar-refractivity contribution in [2.24, 2.45) is 0 Å². The van der Waals surface area contributed by atoms with Crippen LogP contribution in [0.2, 0.25) is 0 Å². The smallest absolute Gasteiger partial charge is 0.278 e. The van der Waals surface area contributed by atoms with Crippen LogP contribution in [-0.2, 0) is 6.54 Å². The van der Waals surface area contributed by atoms with Crippen LogP contribution in [0.3, 0.4) is 0 Å². The Hall–Kier alpha value is -1.95. The Balaban J connectivity index is 2.05. The zero-order chi connectivity index (χ0) is 15.0. The van der Waals surface area contributed by atoms with E-state index in [1.54, 1.807) is 16.4 Å². The zero-order valence-corrected chi connectivity index (χ0v) is 13.0. The summed E-state index contributed by atoms with van der Waals surface area (Å²) in [5.41, 5.74) is 8.72. The van der Waals surface area contributed by atoms with Gasteiger partial charge in [-0.05, 0) is 26.0 Å². The topological polar surface area (TPSA) is 64.2 Å². The molecular formula is C15H18N4OS. The fourth-order valence-electron chi connectivity index (χ4n) is 2.56. The Morgan fingerprint density at radius 3 is 2.95 bits per heavy atom. The molecule has 1 amide bonds. The van der Waals surface area contributed by atoms with Gasteiger partial charge < -0.3 is 10.6 Å². The number of carbonyl (C=O) groups is 1. The van der Waals surface area contributed by atoms with Crippen LogP contribution in [0.25, 0.3) is 0 Å². The first-order valence-corrected chi connectivity index (χ1v) is 7.98. The van der Waals surface area contributed by atoms with Crippen molar-refractivity contribution in [2.45, 2.75) is 25.3 Å². The summed E-state index contributed by atoms with van der Waals surface area (Å²) in [6, 6.07) is 7.98. The molecule has 0 bridgehead atoms. The fourth-order valence-corrected chi connectivity index (χ4v) is 3.55. The zero-order valence-electron chi connectivity index (χ0n) is 12.2. The Bertz CT molecular complexity index is 695. The van der Waals surface area contributed by atoms with Gasteiger partial charge in [0.15, 0.2) is 0 Å². The molecule has 0 fully saturated rings. The number of aromatic nitrogens is 2. The van der Waals surface area contributed by atoms with Crippen LogP contribution in [0, 0.1) is 6.92 Å². The molecule has 3 rings (SSSR count). The van der Waals surface area contributed by atoms with E-state index in [9.17, 15) is 4.79 Å². The molecule has 1 aromatic carbocycles. The maximum atomic E-state index is 13.0. The van der Waals surface area contributed by atoms with E-state index in [4.69, 9.17) is 5.73 Å². The lowest BCUT2D eigenvalue weighted by molar-refractivity contribution is 0.0978. The first-order valence-electron chi connectivity index (χ1n) is 7.00. The Morgan fingerprint density at radius 2 is 2.19 bits per heavy atom. The molecule has 2 N–H and O–H groups in total. The first-order chi connectivity index (χ1) is 10.1. The lowest BCUT2D eigenvalue weighted by Crippen LogP contribution is -2.37. The fraction of sp³-hybridized carbons (Fsp3) is 0.333. The van der Waals surface area contributed by atoms with Gasteiger partial charge in [0.2, 0.25) is 0 Å².